The van der Waals surface area contributed by atoms with Gasteiger partial charge in [0.15, 0.2) is 11.5 Å². The van der Waals surface area contributed by atoms with E-state index in [2.05, 4.69) is 10.6 Å². The monoisotopic (exact) mass is 520 g/mol. The molecule has 198 valence electrons. The lowest BCUT2D eigenvalue weighted by Gasteiger charge is -2.31. The molecule has 3 rings (SSSR count). The minimum absolute atomic E-state index is 0.0812. The Morgan fingerprint density at radius 1 is 1.08 bits per heavy atom. The second-order valence-corrected chi connectivity index (χ2v) is 11.1. The lowest BCUT2D eigenvalue weighted by Crippen LogP contribution is -2.44. The summed E-state index contributed by atoms with van der Waals surface area (Å²) < 4.78 is 38.6. The zero-order valence-corrected chi connectivity index (χ0v) is 21.6. The second-order valence-electron chi connectivity index (χ2n) is 9.17. The zero-order chi connectivity index (χ0) is 26.1. The minimum atomic E-state index is -3.80. The van der Waals surface area contributed by atoms with Crippen LogP contribution in [0, 0.1) is 5.92 Å². The number of amides is 2. The van der Waals surface area contributed by atoms with Gasteiger partial charge in [-0.05, 0) is 60.7 Å². The maximum Gasteiger partial charge on any atom is 0.315 e. The Labute approximate surface area is 212 Å². The number of nitrogens with zero attached hydrogens (tertiary/aromatic N) is 1. The van der Waals surface area contributed by atoms with Gasteiger partial charge in [0.1, 0.15) is 0 Å². The fourth-order valence-electron chi connectivity index (χ4n) is 3.91. The van der Waals surface area contributed by atoms with E-state index in [9.17, 15) is 18.3 Å². The number of hydrogen-bond acceptors (Lipinski definition) is 7. The van der Waals surface area contributed by atoms with Gasteiger partial charge in [0, 0.05) is 31.4 Å². The highest BCUT2D eigenvalue weighted by Crippen LogP contribution is 2.32. The maximum absolute atomic E-state index is 13.3. The standard InChI is InChI=1S/C25H36N4O6S/c1-18(2)15-29(36(32,33)22-9-7-20(26)8-10-22)21(16-30)5-3-4-12-27-25(31)28-14-19-6-11-23-24(13-19)35-17-34-23/h6-11,13,18,21,30H,3-5,12,14-17,26H2,1-2H3,(H2,27,28,31). The number of nitrogen functional groups attached to an aromatic ring is 1. The molecular weight excluding hydrogens is 484 g/mol. The van der Waals surface area contributed by atoms with Gasteiger partial charge < -0.3 is 30.9 Å². The molecule has 5 N–H and O–H groups in total. The Bertz CT molecular complexity index is 1110. The molecule has 1 unspecified atom stereocenters. The lowest BCUT2D eigenvalue weighted by molar-refractivity contribution is 0.168. The van der Waals surface area contributed by atoms with E-state index in [0.29, 0.717) is 56.1 Å². The smallest absolute Gasteiger partial charge is 0.315 e. The summed E-state index contributed by atoms with van der Waals surface area (Å²) >= 11 is 0. The van der Waals surface area contributed by atoms with E-state index in [1.165, 1.54) is 16.4 Å². The van der Waals surface area contributed by atoms with Crippen molar-refractivity contribution in [1.82, 2.24) is 14.9 Å². The molecule has 0 aromatic heterocycles. The third kappa shape index (κ3) is 7.49. The van der Waals surface area contributed by atoms with Gasteiger partial charge in [-0.2, -0.15) is 4.31 Å². The predicted molar refractivity (Wildman–Crippen MR) is 137 cm³/mol. The fourth-order valence-corrected chi connectivity index (χ4v) is 5.72. The minimum Gasteiger partial charge on any atom is -0.454 e. The summed E-state index contributed by atoms with van der Waals surface area (Å²) in [6, 6.07) is 10.7. The maximum atomic E-state index is 13.3. The molecule has 0 radical (unpaired) electrons. The van der Waals surface area contributed by atoms with Gasteiger partial charge in [-0.3, -0.25) is 0 Å². The first-order chi connectivity index (χ1) is 17.2. The molecule has 0 bridgehead atoms. The van der Waals surface area contributed by atoms with Crippen molar-refractivity contribution in [3.63, 3.8) is 0 Å². The van der Waals surface area contributed by atoms with Gasteiger partial charge in [-0.1, -0.05) is 26.3 Å². The Balaban J connectivity index is 1.46. The highest BCUT2D eigenvalue weighted by molar-refractivity contribution is 7.89. The molecule has 0 aliphatic carbocycles. The number of nitrogens with two attached hydrogens (primary N) is 1. The number of carbonyl (C=O) groups excluding carboxylic acids is 1. The first-order valence-corrected chi connectivity index (χ1v) is 13.5. The molecule has 1 heterocycles. The topological polar surface area (TPSA) is 143 Å². The number of unbranched alkanes of at least 4 members (excludes halogenated alkanes) is 1. The van der Waals surface area contributed by atoms with Gasteiger partial charge in [0.2, 0.25) is 16.8 Å². The van der Waals surface area contributed by atoms with E-state index in [1.807, 2.05) is 32.0 Å². The number of urea groups is 1. The average molecular weight is 521 g/mol. The second kappa shape index (κ2) is 12.8. The van der Waals surface area contributed by atoms with Crippen LogP contribution in [0.3, 0.4) is 0 Å². The Morgan fingerprint density at radius 2 is 1.81 bits per heavy atom. The molecule has 1 aliphatic heterocycles. The van der Waals surface area contributed by atoms with E-state index >= 15 is 0 Å². The fraction of sp³-hybridized carbons (Fsp3) is 0.480. The number of fused-ring (bicyclic) bond motifs is 1. The predicted octanol–water partition coefficient (Wildman–Crippen LogP) is 2.67. The molecule has 2 amide bonds. The molecule has 0 spiro atoms. The van der Waals surface area contributed by atoms with Gasteiger partial charge >= 0.3 is 6.03 Å². The van der Waals surface area contributed by atoms with E-state index in [-0.39, 0.29) is 30.2 Å². The molecule has 0 fully saturated rings. The van der Waals surface area contributed by atoms with Crippen molar-refractivity contribution < 1.29 is 27.8 Å². The Hall–Kier alpha value is -3.02. The normalized spacial score (nSPS) is 13.7. The number of sulfonamides is 1. The number of benzene rings is 2. The Morgan fingerprint density at radius 3 is 2.50 bits per heavy atom. The van der Waals surface area contributed by atoms with Gasteiger partial charge in [-0.25, -0.2) is 13.2 Å². The highest BCUT2D eigenvalue weighted by Gasteiger charge is 2.31. The van der Waals surface area contributed by atoms with Crippen LogP contribution in [0.5, 0.6) is 11.5 Å². The van der Waals surface area contributed by atoms with Crippen molar-refractivity contribution in [1.29, 1.82) is 0 Å². The van der Waals surface area contributed by atoms with Crippen LogP contribution >= 0.6 is 0 Å². The number of rotatable bonds is 13. The van der Waals surface area contributed by atoms with Crippen LogP contribution in [0.25, 0.3) is 0 Å². The molecule has 1 aliphatic rings. The first kappa shape index (κ1) is 27.6. The SMILES string of the molecule is CC(C)CN(C(CO)CCCCNC(=O)NCc1ccc2c(c1)OCO2)S(=O)(=O)c1ccc(N)cc1. The summed E-state index contributed by atoms with van der Waals surface area (Å²) in [6.45, 7) is 4.86. The molecule has 0 saturated heterocycles. The summed E-state index contributed by atoms with van der Waals surface area (Å²) in [5.74, 6) is 1.44. The number of ether oxygens (including phenoxy) is 2. The summed E-state index contributed by atoms with van der Waals surface area (Å²) in [7, 11) is -3.80. The largest absolute Gasteiger partial charge is 0.454 e. The quantitative estimate of drug-likeness (QED) is 0.235. The van der Waals surface area contributed by atoms with Gasteiger partial charge in [-0.15, -0.1) is 0 Å². The number of anilines is 1. The van der Waals surface area contributed by atoms with Gasteiger partial charge in [0.25, 0.3) is 0 Å². The van der Waals surface area contributed by atoms with Crippen molar-refractivity contribution in [2.24, 2.45) is 5.92 Å². The van der Waals surface area contributed by atoms with Crippen LogP contribution in [0.2, 0.25) is 0 Å². The summed E-state index contributed by atoms with van der Waals surface area (Å²) in [4.78, 5) is 12.3. The third-order valence-electron chi connectivity index (χ3n) is 5.79. The van der Waals surface area contributed by atoms with Crippen molar-refractivity contribution in [2.75, 3.05) is 32.2 Å². The van der Waals surface area contributed by atoms with Crippen LogP contribution < -0.4 is 25.8 Å². The van der Waals surface area contributed by atoms with Gasteiger partial charge in [0.05, 0.1) is 11.5 Å². The van der Waals surface area contributed by atoms with Crippen LogP contribution in [-0.2, 0) is 16.6 Å². The third-order valence-corrected chi connectivity index (χ3v) is 7.72. The number of hydrogen-bond donors (Lipinski definition) is 4. The van der Waals surface area contributed by atoms with Crippen molar-refractivity contribution in [3.05, 3.63) is 48.0 Å². The van der Waals surface area contributed by atoms with E-state index in [0.717, 1.165) is 5.56 Å². The summed E-state index contributed by atoms with van der Waals surface area (Å²) in [5, 5.41) is 15.6. The highest BCUT2D eigenvalue weighted by atomic mass is 32.2. The molecular formula is C25H36N4O6S. The Kier molecular flexibility index (Phi) is 9.80. The summed E-state index contributed by atoms with van der Waals surface area (Å²) in [6.07, 6.45) is 1.75. The summed E-state index contributed by atoms with van der Waals surface area (Å²) in [5.41, 5.74) is 7.08. The van der Waals surface area contributed by atoms with E-state index in [4.69, 9.17) is 15.2 Å². The molecule has 36 heavy (non-hydrogen) atoms. The molecule has 0 saturated carbocycles. The number of carbonyl (C=O) groups is 1. The number of aliphatic hydroxyl groups excluding tert-OH is 1. The number of nitrogens with one attached hydrogen (secondary N) is 2. The van der Waals surface area contributed by atoms with Crippen LogP contribution in [0.15, 0.2) is 47.4 Å². The zero-order valence-electron chi connectivity index (χ0n) is 20.8. The molecule has 2 aromatic rings. The molecule has 11 heteroatoms. The first-order valence-electron chi connectivity index (χ1n) is 12.1. The van der Waals surface area contributed by atoms with Crippen molar-refractivity contribution >= 4 is 21.7 Å². The van der Waals surface area contributed by atoms with Crippen LogP contribution in [0.4, 0.5) is 10.5 Å². The van der Waals surface area contributed by atoms with Crippen molar-refractivity contribution in [2.45, 2.75) is 50.6 Å². The molecule has 10 nitrogen and oxygen atoms in total. The van der Waals surface area contributed by atoms with Crippen LogP contribution in [0.1, 0.15) is 38.7 Å². The molecule has 2 aromatic carbocycles. The average Bonchev–Trinajstić information content (AvgIpc) is 3.32. The van der Waals surface area contributed by atoms with E-state index in [1.54, 1.807) is 12.1 Å². The number of aliphatic hydroxyl groups is 1. The van der Waals surface area contributed by atoms with E-state index < -0.39 is 16.1 Å². The van der Waals surface area contributed by atoms with Crippen LogP contribution in [-0.4, -0.2) is 56.4 Å². The molecule has 1 atom stereocenters. The lowest BCUT2D eigenvalue weighted by atomic mass is 10.1. The van der Waals surface area contributed by atoms with Crippen molar-refractivity contribution in [3.8, 4) is 11.5 Å².